The number of nitrogens with zero attached hydrogens (tertiary/aromatic N) is 1. The highest BCUT2D eigenvalue weighted by Crippen LogP contribution is 2.60. The number of methoxy groups -OCH3 is 1. The first-order valence-electron chi connectivity index (χ1n) is 13.5. The van der Waals surface area contributed by atoms with Gasteiger partial charge in [0.05, 0.1) is 24.9 Å². The highest BCUT2D eigenvalue weighted by atomic mass is 16.5. The Morgan fingerprint density at radius 1 is 0.973 bits per heavy atom. The molecule has 0 spiro atoms. The third-order valence-electron chi connectivity index (χ3n) is 8.56. The number of amides is 1. The van der Waals surface area contributed by atoms with Crippen molar-refractivity contribution in [2.24, 2.45) is 22.2 Å². The fraction of sp³-hybridized carbons (Fsp3) is 0.500. The summed E-state index contributed by atoms with van der Waals surface area (Å²) in [5.74, 6) is 1.54. The summed E-state index contributed by atoms with van der Waals surface area (Å²) in [6.07, 6.45) is 6.54. The molecule has 0 saturated heterocycles. The minimum Gasteiger partial charge on any atom is -0.497 e. The summed E-state index contributed by atoms with van der Waals surface area (Å²) >= 11 is 0. The average Bonchev–Trinajstić information content (AvgIpc) is 2.78. The van der Waals surface area contributed by atoms with Crippen LogP contribution in [-0.4, -0.2) is 17.6 Å². The largest absolute Gasteiger partial charge is 0.497 e. The number of aromatic nitrogens is 1. The van der Waals surface area contributed by atoms with E-state index in [9.17, 15) is 9.59 Å². The summed E-state index contributed by atoms with van der Waals surface area (Å²) in [7, 11) is 1.64. The zero-order chi connectivity index (χ0) is 26.4. The number of carbonyl (C=O) groups is 1. The lowest BCUT2D eigenvalue weighted by Gasteiger charge is -2.56. The zero-order valence-electron chi connectivity index (χ0n) is 22.9. The van der Waals surface area contributed by atoms with Gasteiger partial charge in [-0.1, -0.05) is 45.9 Å². The van der Waals surface area contributed by atoms with Gasteiger partial charge in [0.2, 0.25) is 5.91 Å². The number of anilines is 1. The lowest BCUT2D eigenvalue weighted by atomic mass is 9.49. The van der Waals surface area contributed by atoms with Crippen LogP contribution in [0.4, 0.5) is 5.69 Å². The van der Waals surface area contributed by atoms with Gasteiger partial charge in [-0.3, -0.25) is 9.59 Å². The van der Waals surface area contributed by atoms with E-state index in [-0.39, 0.29) is 16.9 Å². The van der Waals surface area contributed by atoms with Gasteiger partial charge in [-0.05, 0) is 90.2 Å². The highest BCUT2D eigenvalue weighted by molar-refractivity contribution is 6.01. The number of hydrogen-bond acceptors (Lipinski definition) is 3. The minimum absolute atomic E-state index is 0.0132. The normalized spacial score (nSPS) is 26.6. The van der Waals surface area contributed by atoms with Crippen LogP contribution in [0.15, 0.2) is 59.4 Å². The van der Waals surface area contributed by atoms with Crippen molar-refractivity contribution in [2.75, 3.05) is 12.4 Å². The number of pyridine rings is 1. The summed E-state index contributed by atoms with van der Waals surface area (Å²) in [5.41, 5.74) is 3.25. The predicted molar refractivity (Wildman–Crippen MR) is 150 cm³/mol. The Kier molecular flexibility index (Phi) is 6.45. The molecule has 3 atom stereocenters. The summed E-state index contributed by atoms with van der Waals surface area (Å²) < 4.78 is 7.02. The number of carbonyl (C=O) groups excluding carboxylic acids is 1. The molecule has 2 aliphatic rings. The van der Waals surface area contributed by atoms with E-state index in [1.165, 1.54) is 19.3 Å². The topological polar surface area (TPSA) is 60.3 Å². The second-order valence-corrected chi connectivity index (χ2v) is 13.2. The van der Waals surface area contributed by atoms with Crippen LogP contribution in [0.5, 0.6) is 5.75 Å². The van der Waals surface area contributed by atoms with Gasteiger partial charge >= 0.3 is 0 Å². The molecule has 196 valence electrons. The Morgan fingerprint density at radius 2 is 1.73 bits per heavy atom. The number of fused-ring (bicyclic) bond motifs is 3. The monoisotopic (exact) mass is 500 g/mol. The smallest absolute Gasteiger partial charge is 0.251 e. The fourth-order valence-electron chi connectivity index (χ4n) is 8.16. The van der Waals surface area contributed by atoms with Crippen molar-refractivity contribution in [2.45, 2.75) is 72.8 Å². The van der Waals surface area contributed by atoms with E-state index in [0.29, 0.717) is 29.7 Å². The van der Waals surface area contributed by atoms with Crippen molar-refractivity contribution >= 4 is 22.5 Å². The van der Waals surface area contributed by atoms with E-state index >= 15 is 0 Å². The molecule has 2 aromatic carbocycles. The first-order chi connectivity index (χ1) is 17.5. The third-order valence-corrected chi connectivity index (χ3v) is 8.56. The van der Waals surface area contributed by atoms with E-state index in [1.807, 2.05) is 48.5 Å². The van der Waals surface area contributed by atoms with Crippen molar-refractivity contribution in [3.63, 3.8) is 0 Å². The van der Waals surface area contributed by atoms with Crippen molar-refractivity contribution in [3.05, 3.63) is 70.5 Å². The van der Waals surface area contributed by atoms with Crippen LogP contribution in [0.2, 0.25) is 0 Å². The van der Waals surface area contributed by atoms with Gasteiger partial charge in [0.15, 0.2) is 0 Å². The first kappa shape index (κ1) is 25.6. The van der Waals surface area contributed by atoms with Crippen LogP contribution in [0.3, 0.4) is 0 Å². The molecule has 1 heterocycles. The molecular formula is C32H40N2O3. The molecule has 3 aromatic rings. The van der Waals surface area contributed by atoms with E-state index in [1.54, 1.807) is 17.7 Å². The molecule has 1 amide bonds. The van der Waals surface area contributed by atoms with Gasteiger partial charge in [0.1, 0.15) is 5.75 Å². The average molecular weight is 501 g/mol. The predicted octanol–water partition coefficient (Wildman–Crippen LogP) is 7.02. The molecular weight excluding hydrogens is 460 g/mol. The molecule has 5 rings (SSSR count). The van der Waals surface area contributed by atoms with Crippen molar-refractivity contribution in [3.8, 4) is 5.75 Å². The van der Waals surface area contributed by atoms with Gasteiger partial charge < -0.3 is 14.6 Å². The SMILES string of the molecule is COc1ccc(Cn2c(=O)ccc3c(NC(=O)CC4(C)CC5CC(C)(C)CC(C)(C5)C4)cccc32)cc1. The molecule has 5 heteroatoms. The molecule has 37 heavy (non-hydrogen) atoms. The van der Waals surface area contributed by atoms with Crippen LogP contribution < -0.4 is 15.6 Å². The summed E-state index contributed by atoms with van der Waals surface area (Å²) in [4.78, 5) is 26.2. The molecule has 1 N–H and O–H groups in total. The van der Waals surface area contributed by atoms with Gasteiger partial charge in [-0.15, -0.1) is 0 Å². The molecule has 0 aliphatic heterocycles. The maximum atomic E-state index is 13.4. The van der Waals surface area contributed by atoms with Gasteiger partial charge in [0, 0.05) is 17.9 Å². The van der Waals surface area contributed by atoms with E-state index in [0.717, 1.165) is 40.7 Å². The molecule has 2 bridgehead atoms. The molecule has 5 nitrogen and oxygen atoms in total. The number of ether oxygens (including phenoxy) is 1. The Balaban J connectivity index is 1.36. The quantitative estimate of drug-likeness (QED) is 0.396. The molecule has 2 fully saturated rings. The van der Waals surface area contributed by atoms with Crippen LogP contribution >= 0.6 is 0 Å². The van der Waals surface area contributed by atoms with Crippen LogP contribution in [-0.2, 0) is 11.3 Å². The summed E-state index contributed by atoms with van der Waals surface area (Å²) in [5, 5.41) is 4.08. The van der Waals surface area contributed by atoms with Crippen molar-refractivity contribution in [1.82, 2.24) is 4.57 Å². The third kappa shape index (κ3) is 5.46. The van der Waals surface area contributed by atoms with Gasteiger partial charge in [-0.2, -0.15) is 0 Å². The maximum Gasteiger partial charge on any atom is 0.251 e. The maximum absolute atomic E-state index is 13.4. The zero-order valence-corrected chi connectivity index (χ0v) is 22.9. The van der Waals surface area contributed by atoms with Crippen molar-refractivity contribution < 1.29 is 9.53 Å². The van der Waals surface area contributed by atoms with E-state index in [2.05, 4.69) is 33.0 Å². The molecule has 0 radical (unpaired) electrons. The Labute approximate surface area is 220 Å². The van der Waals surface area contributed by atoms with Gasteiger partial charge in [0.25, 0.3) is 5.56 Å². The van der Waals surface area contributed by atoms with Gasteiger partial charge in [-0.25, -0.2) is 0 Å². The van der Waals surface area contributed by atoms with Crippen LogP contribution in [0, 0.1) is 22.2 Å². The number of hydrogen-bond donors (Lipinski definition) is 1. The number of rotatable bonds is 6. The Bertz CT molecular complexity index is 1370. The highest BCUT2D eigenvalue weighted by Gasteiger charge is 2.50. The minimum atomic E-state index is -0.0655. The lowest BCUT2D eigenvalue weighted by Crippen LogP contribution is -2.46. The number of benzene rings is 2. The molecule has 2 aliphatic carbocycles. The van der Waals surface area contributed by atoms with E-state index < -0.39 is 0 Å². The second kappa shape index (κ2) is 9.34. The Morgan fingerprint density at radius 3 is 2.43 bits per heavy atom. The van der Waals surface area contributed by atoms with Crippen LogP contribution in [0.25, 0.3) is 10.9 Å². The molecule has 3 unspecified atom stereocenters. The first-order valence-corrected chi connectivity index (χ1v) is 13.5. The fourth-order valence-corrected chi connectivity index (χ4v) is 8.16. The lowest BCUT2D eigenvalue weighted by molar-refractivity contribution is -0.121. The van der Waals surface area contributed by atoms with Crippen LogP contribution in [0.1, 0.15) is 71.8 Å². The second-order valence-electron chi connectivity index (χ2n) is 13.2. The molecule has 1 aromatic heterocycles. The Hall–Kier alpha value is -3.08. The standard InChI is InChI=1S/C32H40N2O3/c1-30(2)15-23-16-31(3,21-32(4,17-23)20-30)18-28(35)33-26-7-6-8-27-25(26)13-14-29(36)34(27)19-22-9-11-24(37-5)12-10-22/h6-14,23H,15-21H2,1-5H3,(H,33,35). The number of nitrogens with one attached hydrogen (secondary N) is 1. The molecule has 2 saturated carbocycles. The van der Waals surface area contributed by atoms with E-state index in [4.69, 9.17) is 4.74 Å². The van der Waals surface area contributed by atoms with Crippen molar-refractivity contribution in [1.29, 1.82) is 0 Å². The summed E-state index contributed by atoms with van der Waals surface area (Å²) in [6.45, 7) is 10.0. The summed E-state index contributed by atoms with van der Waals surface area (Å²) in [6, 6.07) is 17.0.